The fourth-order valence-corrected chi connectivity index (χ4v) is 1.94. The Labute approximate surface area is 121 Å². The lowest BCUT2D eigenvalue weighted by molar-refractivity contribution is -0.384. The van der Waals surface area contributed by atoms with Gasteiger partial charge in [0.2, 0.25) is 5.76 Å². The number of aryl methyl sites for hydroxylation is 1. The molecule has 0 aliphatic rings. The van der Waals surface area contributed by atoms with E-state index in [1.165, 1.54) is 17.0 Å². The van der Waals surface area contributed by atoms with E-state index in [1.807, 2.05) is 6.92 Å². The van der Waals surface area contributed by atoms with Crippen LogP contribution in [0.25, 0.3) is 0 Å². The summed E-state index contributed by atoms with van der Waals surface area (Å²) >= 11 is 0. The van der Waals surface area contributed by atoms with E-state index in [-0.39, 0.29) is 17.4 Å². The molecule has 110 valence electrons. The van der Waals surface area contributed by atoms with Crippen molar-refractivity contribution in [3.63, 3.8) is 0 Å². The van der Waals surface area contributed by atoms with Gasteiger partial charge < -0.3 is 9.42 Å². The molecule has 0 spiro atoms. The minimum Gasteiger partial charge on any atom is -0.351 e. The summed E-state index contributed by atoms with van der Waals surface area (Å²) in [5, 5.41) is 14.5. The molecular formula is C14H15N3O4. The number of carbonyl (C=O) groups excluding carboxylic acids is 1. The zero-order valence-corrected chi connectivity index (χ0v) is 11.8. The first-order chi connectivity index (χ1) is 10.0. The minimum atomic E-state index is -0.489. The predicted molar refractivity (Wildman–Crippen MR) is 76.3 cm³/mol. The first-order valence-corrected chi connectivity index (χ1v) is 6.52. The lowest BCUT2D eigenvalue weighted by atomic mass is 10.2. The number of nitro groups is 1. The van der Waals surface area contributed by atoms with Crippen LogP contribution in [-0.2, 0) is 0 Å². The summed E-state index contributed by atoms with van der Waals surface area (Å²) in [6, 6.07) is 7.51. The lowest BCUT2D eigenvalue weighted by Crippen LogP contribution is -2.31. The molecule has 21 heavy (non-hydrogen) atoms. The molecule has 2 rings (SSSR count). The molecule has 1 aromatic heterocycles. The Bertz CT molecular complexity index is 666. The van der Waals surface area contributed by atoms with E-state index in [9.17, 15) is 14.9 Å². The van der Waals surface area contributed by atoms with Crippen LogP contribution in [0, 0.1) is 17.0 Å². The number of nitro benzene ring substituents is 1. The fourth-order valence-electron chi connectivity index (χ4n) is 1.94. The molecule has 7 heteroatoms. The summed E-state index contributed by atoms with van der Waals surface area (Å²) in [6.07, 6.45) is 0.710. The molecule has 2 aromatic rings. The van der Waals surface area contributed by atoms with Crippen molar-refractivity contribution in [1.29, 1.82) is 0 Å². The number of carbonyl (C=O) groups is 1. The van der Waals surface area contributed by atoms with Crippen molar-refractivity contribution in [2.75, 3.05) is 11.4 Å². The number of benzene rings is 1. The summed E-state index contributed by atoms with van der Waals surface area (Å²) in [7, 11) is 0. The summed E-state index contributed by atoms with van der Waals surface area (Å²) in [6.45, 7) is 4.07. The van der Waals surface area contributed by atoms with Gasteiger partial charge in [-0.15, -0.1) is 0 Å². The third-order valence-electron chi connectivity index (χ3n) is 2.88. The zero-order chi connectivity index (χ0) is 15.4. The van der Waals surface area contributed by atoms with E-state index < -0.39 is 4.92 Å². The topological polar surface area (TPSA) is 89.5 Å². The van der Waals surface area contributed by atoms with Crippen LogP contribution >= 0.6 is 0 Å². The molecule has 1 heterocycles. The lowest BCUT2D eigenvalue weighted by Gasteiger charge is -2.20. The van der Waals surface area contributed by atoms with Crippen molar-refractivity contribution in [2.45, 2.75) is 20.3 Å². The normalized spacial score (nSPS) is 10.4. The average Bonchev–Trinajstić information content (AvgIpc) is 2.91. The van der Waals surface area contributed by atoms with Crippen LogP contribution in [0.15, 0.2) is 34.9 Å². The predicted octanol–water partition coefficient (Wildman–Crippen LogP) is 2.95. The van der Waals surface area contributed by atoms with E-state index in [0.29, 0.717) is 24.3 Å². The van der Waals surface area contributed by atoms with Gasteiger partial charge in [-0.3, -0.25) is 14.9 Å². The van der Waals surface area contributed by atoms with Gasteiger partial charge >= 0.3 is 0 Å². The largest absolute Gasteiger partial charge is 0.351 e. The Balaban J connectivity index is 2.36. The number of non-ortho nitro benzene ring substituents is 1. The quantitative estimate of drug-likeness (QED) is 0.623. The molecule has 0 aliphatic heterocycles. The number of hydrogen-bond donors (Lipinski definition) is 0. The van der Waals surface area contributed by atoms with Gasteiger partial charge in [-0.05, 0) is 19.4 Å². The molecule has 0 atom stereocenters. The van der Waals surface area contributed by atoms with Crippen LogP contribution in [0.1, 0.15) is 29.6 Å². The molecule has 1 aromatic carbocycles. The molecule has 0 radical (unpaired) electrons. The Morgan fingerprint density at radius 1 is 1.43 bits per heavy atom. The van der Waals surface area contributed by atoms with Crippen LogP contribution in [0.2, 0.25) is 0 Å². The molecule has 0 aliphatic carbocycles. The van der Waals surface area contributed by atoms with Crippen LogP contribution in [-0.4, -0.2) is 22.5 Å². The Kier molecular flexibility index (Phi) is 4.32. The highest BCUT2D eigenvalue weighted by Gasteiger charge is 2.22. The Morgan fingerprint density at radius 2 is 2.19 bits per heavy atom. The van der Waals surface area contributed by atoms with Crippen LogP contribution in [0.4, 0.5) is 11.4 Å². The van der Waals surface area contributed by atoms with Gasteiger partial charge in [0, 0.05) is 24.7 Å². The standard InChI is InChI=1S/C14H15N3O4/c1-3-7-16(14(18)13-8-10(2)15-21-13)11-5-4-6-12(9-11)17(19)20/h4-6,8-9H,3,7H2,1-2H3. The second-order valence-electron chi connectivity index (χ2n) is 4.57. The molecule has 7 nitrogen and oxygen atoms in total. The van der Waals surface area contributed by atoms with Crippen molar-refractivity contribution < 1.29 is 14.2 Å². The van der Waals surface area contributed by atoms with Crippen LogP contribution < -0.4 is 4.90 Å². The highest BCUT2D eigenvalue weighted by atomic mass is 16.6. The van der Waals surface area contributed by atoms with Gasteiger partial charge in [-0.25, -0.2) is 0 Å². The van der Waals surface area contributed by atoms with Crippen molar-refractivity contribution >= 4 is 17.3 Å². The second-order valence-corrected chi connectivity index (χ2v) is 4.57. The van der Waals surface area contributed by atoms with E-state index in [2.05, 4.69) is 5.16 Å². The van der Waals surface area contributed by atoms with Gasteiger partial charge in [-0.1, -0.05) is 18.1 Å². The molecule has 1 amide bonds. The third kappa shape index (κ3) is 3.25. The van der Waals surface area contributed by atoms with E-state index in [4.69, 9.17) is 4.52 Å². The fraction of sp³-hybridized carbons (Fsp3) is 0.286. The highest BCUT2D eigenvalue weighted by Crippen LogP contribution is 2.23. The van der Waals surface area contributed by atoms with Gasteiger partial charge in [0.1, 0.15) is 0 Å². The summed E-state index contributed by atoms with van der Waals surface area (Å²) in [5.41, 5.74) is 1.01. The van der Waals surface area contributed by atoms with Crippen LogP contribution in [0.3, 0.4) is 0 Å². The number of rotatable bonds is 5. The van der Waals surface area contributed by atoms with E-state index >= 15 is 0 Å². The van der Waals surface area contributed by atoms with E-state index in [1.54, 1.807) is 25.1 Å². The SMILES string of the molecule is CCCN(C(=O)c1cc(C)no1)c1cccc([N+](=O)[O-])c1. The van der Waals surface area contributed by atoms with Crippen molar-refractivity contribution in [3.05, 3.63) is 51.9 Å². The molecule has 0 unspecified atom stereocenters. The first-order valence-electron chi connectivity index (χ1n) is 6.52. The summed E-state index contributed by atoms with van der Waals surface area (Å²) in [5.74, 6) is -0.245. The first kappa shape index (κ1) is 14.7. The molecule has 0 bridgehead atoms. The van der Waals surface area contributed by atoms with Gasteiger partial charge in [-0.2, -0.15) is 0 Å². The maximum absolute atomic E-state index is 12.5. The Hall–Kier alpha value is -2.70. The van der Waals surface area contributed by atoms with Crippen LogP contribution in [0.5, 0.6) is 0 Å². The third-order valence-corrected chi connectivity index (χ3v) is 2.88. The molecule has 0 saturated carbocycles. The minimum absolute atomic E-state index is 0.0600. The molecule has 0 N–H and O–H groups in total. The summed E-state index contributed by atoms with van der Waals surface area (Å²) < 4.78 is 4.98. The maximum Gasteiger partial charge on any atom is 0.296 e. The molecular weight excluding hydrogens is 274 g/mol. The van der Waals surface area contributed by atoms with Crippen molar-refractivity contribution in [1.82, 2.24) is 5.16 Å². The monoisotopic (exact) mass is 289 g/mol. The molecule has 0 saturated heterocycles. The smallest absolute Gasteiger partial charge is 0.296 e. The number of hydrogen-bond acceptors (Lipinski definition) is 5. The number of anilines is 1. The van der Waals surface area contributed by atoms with Gasteiger partial charge in [0.15, 0.2) is 0 Å². The summed E-state index contributed by atoms with van der Waals surface area (Å²) in [4.78, 5) is 24.3. The van der Waals surface area contributed by atoms with Gasteiger partial charge in [0.05, 0.1) is 16.3 Å². The highest BCUT2D eigenvalue weighted by molar-refractivity contribution is 6.04. The Morgan fingerprint density at radius 3 is 2.76 bits per heavy atom. The average molecular weight is 289 g/mol. The number of aromatic nitrogens is 1. The number of amides is 1. The van der Waals surface area contributed by atoms with Crippen molar-refractivity contribution in [3.8, 4) is 0 Å². The van der Waals surface area contributed by atoms with Gasteiger partial charge in [0.25, 0.3) is 11.6 Å². The van der Waals surface area contributed by atoms with Crippen molar-refractivity contribution in [2.24, 2.45) is 0 Å². The second kappa shape index (κ2) is 6.17. The number of nitrogens with zero attached hydrogens (tertiary/aromatic N) is 3. The zero-order valence-electron chi connectivity index (χ0n) is 11.8. The maximum atomic E-state index is 12.5. The van der Waals surface area contributed by atoms with E-state index in [0.717, 1.165) is 0 Å². The molecule has 0 fully saturated rings.